The standard InChI is InChI=1S/C17H18BrNO3S/c1-13-2-4-14(5-3-13)17-12-19(10-11-22-17)23(20,21)16-8-6-15(18)7-9-16/h2-9,17H,10-12H2,1H3. The molecule has 122 valence electrons. The molecule has 2 aromatic rings. The maximum absolute atomic E-state index is 12.8. The molecule has 1 fully saturated rings. The summed E-state index contributed by atoms with van der Waals surface area (Å²) in [5, 5.41) is 0. The number of nitrogens with zero attached hydrogens (tertiary/aromatic N) is 1. The first-order valence-corrected chi connectivity index (χ1v) is 9.64. The lowest BCUT2D eigenvalue weighted by Gasteiger charge is -2.32. The van der Waals surface area contributed by atoms with Crippen LogP contribution in [-0.2, 0) is 14.8 Å². The summed E-state index contributed by atoms with van der Waals surface area (Å²) in [6.45, 7) is 3.13. The second-order valence-electron chi connectivity index (χ2n) is 5.59. The topological polar surface area (TPSA) is 46.6 Å². The minimum absolute atomic E-state index is 0.227. The fourth-order valence-electron chi connectivity index (χ4n) is 2.58. The van der Waals surface area contributed by atoms with Crippen molar-refractivity contribution in [1.82, 2.24) is 4.31 Å². The number of halogens is 1. The molecule has 1 aliphatic heterocycles. The second-order valence-corrected chi connectivity index (χ2v) is 8.44. The number of hydrogen-bond donors (Lipinski definition) is 0. The van der Waals surface area contributed by atoms with Crippen molar-refractivity contribution in [2.45, 2.75) is 17.9 Å². The van der Waals surface area contributed by atoms with Gasteiger partial charge < -0.3 is 4.74 Å². The largest absolute Gasteiger partial charge is 0.371 e. The molecular formula is C17H18BrNO3S. The van der Waals surface area contributed by atoms with Gasteiger partial charge in [0.1, 0.15) is 0 Å². The zero-order valence-corrected chi connectivity index (χ0v) is 15.2. The van der Waals surface area contributed by atoms with Gasteiger partial charge in [-0.15, -0.1) is 0 Å². The first kappa shape index (κ1) is 16.6. The van der Waals surface area contributed by atoms with Gasteiger partial charge in [-0.3, -0.25) is 0 Å². The Morgan fingerprint density at radius 2 is 1.74 bits per heavy atom. The lowest BCUT2D eigenvalue weighted by Crippen LogP contribution is -2.42. The van der Waals surface area contributed by atoms with E-state index in [-0.39, 0.29) is 6.10 Å². The summed E-state index contributed by atoms with van der Waals surface area (Å²) in [5.74, 6) is 0. The van der Waals surface area contributed by atoms with Gasteiger partial charge in [-0.05, 0) is 36.8 Å². The summed E-state index contributed by atoms with van der Waals surface area (Å²) < 4.78 is 33.7. The monoisotopic (exact) mass is 395 g/mol. The number of sulfonamides is 1. The van der Waals surface area contributed by atoms with Crippen LogP contribution in [0.3, 0.4) is 0 Å². The van der Waals surface area contributed by atoms with Gasteiger partial charge in [0, 0.05) is 17.6 Å². The molecule has 6 heteroatoms. The normalized spacial score (nSPS) is 19.7. The van der Waals surface area contributed by atoms with Crippen molar-refractivity contribution in [3.05, 3.63) is 64.1 Å². The van der Waals surface area contributed by atoms with Gasteiger partial charge in [0.05, 0.1) is 17.6 Å². The number of rotatable bonds is 3. The van der Waals surface area contributed by atoms with Crippen LogP contribution in [0.4, 0.5) is 0 Å². The Balaban J connectivity index is 1.82. The fourth-order valence-corrected chi connectivity index (χ4v) is 4.27. The van der Waals surface area contributed by atoms with Crippen LogP contribution in [0.25, 0.3) is 0 Å². The van der Waals surface area contributed by atoms with Gasteiger partial charge >= 0.3 is 0 Å². The highest BCUT2D eigenvalue weighted by atomic mass is 79.9. The molecule has 0 aliphatic carbocycles. The van der Waals surface area contributed by atoms with Crippen LogP contribution in [0.15, 0.2) is 57.9 Å². The molecule has 0 saturated carbocycles. The SMILES string of the molecule is Cc1ccc(C2CN(S(=O)(=O)c3ccc(Br)cc3)CCO2)cc1. The molecule has 2 aromatic carbocycles. The first-order chi connectivity index (χ1) is 11.0. The maximum Gasteiger partial charge on any atom is 0.243 e. The van der Waals surface area contributed by atoms with Gasteiger partial charge in [-0.2, -0.15) is 4.31 Å². The second kappa shape index (κ2) is 6.73. The maximum atomic E-state index is 12.8. The number of morpholine rings is 1. The third kappa shape index (κ3) is 3.66. The molecule has 1 aliphatic rings. The van der Waals surface area contributed by atoms with Gasteiger partial charge in [0.25, 0.3) is 0 Å². The molecule has 0 spiro atoms. The minimum Gasteiger partial charge on any atom is -0.371 e. The van der Waals surface area contributed by atoms with Crippen LogP contribution in [0.5, 0.6) is 0 Å². The van der Waals surface area contributed by atoms with E-state index in [2.05, 4.69) is 15.9 Å². The average molecular weight is 396 g/mol. The molecule has 0 amide bonds. The van der Waals surface area contributed by atoms with Crippen molar-refractivity contribution >= 4 is 26.0 Å². The van der Waals surface area contributed by atoms with Gasteiger partial charge in [-0.1, -0.05) is 45.8 Å². The Kier molecular flexibility index (Phi) is 4.87. The summed E-state index contributed by atoms with van der Waals surface area (Å²) in [4.78, 5) is 0.310. The Morgan fingerprint density at radius 1 is 1.09 bits per heavy atom. The van der Waals surface area contributed by atoms with Gasteiger partial charge in [0.15, 0.2) is 0 Å². The molecule has 1 atom stereocenters. The van der Waals surface area contributed by atoms with Crippen molar-refractivity contribution in [2.75, 3.05) is 19.7 Å². The quantitative estimate of drug-likeness (QED) is 0.798. The van der Waals surface area contributed by atoms with Gasteiger partial charge in [-0.25, -0.2) is 8.42 Å². The van der Waals surface area contributed by atoms with E-state index < -0.39 is 10.0 Å². The Hall–Kier alpha value is -1.21. The van der Waals surface area contributed by atoms with E-state index in [4.69, 9.17) is 4.74 Å². The van der Waals surface area contributed by atoms with E-state index in [1.165, 1.54) is 9.87 Å². The number of benzene rings is 2. The van der Waals surface area contributed by atoms with Crippen LogP contribution in [0, 0.1) is 6.92 Å². The summed E-state index contributed by atoms with van der Waals surface area (Å²) in [5.41, 5.74) is 2.18. The molecule has 0 radical (unpaired) electrons. The third-order valence-electron chi connectivity index (χ3n) is 3.93. The Morgan fingerprint density at radius 3 is 2.39 bits per heavy atom. The molecule has 1 unspecified atom stereocenters. The van der Waals surface area contributed by atoms with Crippen molar-refractivity contribution in [3.8, 4) is 0 Å². The van der Waals surface area contributed by atoms with E-state index >= 15 is 0 Å². The fraction of sp³-hybridized carbons (Fsp3) is 0.294. The van der Waals surface area contributed by atoms with Crippen LogP contribution >= 0.6 is 15.9 Å². The molecule has 3 rings (SSSR count). The summed E-state index contributed by atoms with van der Waals surface area (Å²) >= 11 is 3.33. The summed E-state index contributed by atoms with van der Waals surface area (Å²) in [7, 11) is -3.50. The Labute approximate surface area is 145 Å². The van der Waals surface area contributed by atoms with Crippen molar-refractivity contribution in [3.63, 3.8) is 0 Å². The number of hydrogen-bond acceptors (Lipinski definition) is 3. The lowest BCUT2D eigenvalue weighted by molar-refractivity contribution is -0.00256. The third-order valence-corrected chi connectivity index (χ3v) is 6.34. The lowest BCUT2D eigenvalue weighted by atomic mass is 10.1. The predicted molar refractivity (Wildman–Crippen MR) is 92.8 cm³/mol. The smallest absolute Gasteiger partial charge is 0.243 e. The highest BCUT2D eigenvalue weighted by Gasteiger charge is 2.31. The molecule has 1 heterocycles. The van der Waals surface area contributed by atoms with E-state index in [0.717, 1.165) is 10.0 Å². The molecule has 0 N–H and O–H groups in total. The average Bonchev–Trinajstić information content (AvgIpc) is 2.56. The van der Waals surface area contributed by atoms with E-state index in [1.807, 2.05) is 31.2 Å². The van der Waals surface area contributed by atoms with E-state index in [1.54, 1.807) is 24.3 Å². The highest BCUT2D eigenvalue weighted by molar-refractivity contribution is 9.10. The zero-order valence-electron chi connectivity index (χ0n) is 12.8. The van der Waals surface area contributed by atoms with Crippen LogP contribution in [-0.4, -0.2) is 32.4 Å². The summed E-state index contributed by atoms with van der Waals surface area (Å²) in [6.07, 6.45) is -0.227. The molecule has 1 saturated heterocycles. The minimum atomic E-state index is -3.50. The van der Waals surface area contributed by atoms with E-state index in [9.17, 15) is 8.42 Å². The molecular weight excluding hydrogens is 378 g/mol. The Bertz CT molecular complexity index is 772. The van der Waals surface area contributed by atoms with Crippen LogP contribution in [0.2, 0.25) is 0 Å². The molecule has 23 heavy (non-hydrogen) atoms. The van der Waals surface area contributed by atoms with Crippen molar-refractivity contribution in [1.29, 1.82) is 0 Å². The number of aryl methyl sites for hydroxylation is 1. The van der Waals surface area contributed by atoms with Gasteiger partial charge in [0.2, 0.25) is 10.0 Å². The molecule has 0 bridgehead atoms. The first-order valence-electron chi connectivity index (χ1n) is 7.41. The molecule has 4 nitrogen and oxygen atoms in total. The summed E-state index contributed by atoms with van der Waals surface area (Å²) in [6, 6.07) is 14.7. The number of ether oxygens (including phenoxy) is 1. The zero-order chi connectivity index (χ0) is 16.4. The van der Waals surface area contributed by atoms with E-state index in [0.29, 0.717) is 24.6 Å². The molecule has 0 aromatic heterocycles. The van der Waals surface area contributed by atoms with Crippen LogP contribution in [0.1, 0.15) is 17.2 Å². The van der Waals surface area contributed by atoms with Crippen LogP contribution < -0.4 is 0 Å². The van der Waals surface area contributed by atoms with Crippen molar-refractivity contribution < 1.29 is 13.2 Å². The predicted octanol–water partition coefficient (Wildman–Crippen LogP) is 3.52. The highest BCUT2D eigenvalue weighted by Crippen LogP contribution is 2.27. The van der Waals surface area contributed by atoms with Crippen molar-refractivity contribution in [2.24, 2.45) is 0 Å².